The van der Waals surface area contributed by atoms with Crippen LogP contribution in [0.5, 0.6) is 0 Å². The van der Waals surface area contributed by atoms with Crippen LogP contribution in [0.2, 0.25) is 16.4 Å². The van der Waals surface area contributed by atoms with E-state index >= 15 is 0 Å². The van der Waals surface area contributed by atoms with Crippen LogP contribution in [0.25, 0.3) is 0 Å². The Bertz CT molecular complexity index is 511. The standard InChI is InChI=1S/C17H27BCl2N2O2/c19-15-5-4-13(11-16(15)20)12-22-9-6-14(7-10-22)17(21)3-1-2-8-18(23)24/h4-5,11,14,17,23-24H,1-3,6-10,12,21H2/t17-/m1/s1. The van der Waals surface area contributed by atoms with Gasteiger partial charge in [0.2, 0.25) is 0 Å². The summed E-state index contributed by atoms with van der Waals surface area (Å²) < 4.78 is 0. The highest BCUT2D eigenvalue weighted by molar-refractivity contribution is 6.42. The highest BCUT2D eigenvalue weighted by atomic mass is 35.5. The molecule has 4 N–H and O–H groups in total. The van der Waals surface area contributed by atoms with Gasteiger partial charge in [-0.25, -0.2) is 0 Å². The predicted octanol–water partition coefficient (Wildman–Crippen LogP) is 3.18. The van der Waals surface area contributed by atoms with Crippen molar-refractivity contribution in [3.05, 3.63) is 33.8 Å². The summed E-state index contributed by atoms with van der Waals surface area (Å²) in [6.07, 6.45) is 5.42. The lowest BCUT2D eigenvalue weighted by atomic mass is 9.82. The zero-order chi connectivity index (χ0) is 17.5. The molecular weight excluding hydrogens is 346 g/mol. The molecule has 1 fully saturated rings. The van der Waals surface area contributed by atoms with Crippen LogP contribution in [-0.2, 0) is 6.54 Å². The van der Waals surface area contributed by atoms with E-state index in [4.69, 9.17) is 39.0 Å². The summed E-state index contributed by atoms with van der Waals surface area (Å²) in [5, 5.41) is 18.9. The van der Waals surface area contributed by atoms with E-state index in [-0.39, 0.29) is 6.04 Å². The van der Waals surface area contributed by atoms with Crippen molar-refractivity contribution in [3.63, 3.8) is 0 Å². The zero-order valence-corrected chi connectivity index (χ0v) is 15.5. The Labute approximate surface area is 155 Å². The molecule has 2 rings (SSSR count). The van der Waals surface area contributed by atoms with Crippen molar-refractivity contribution in [1.29, 1.82) is 0 Å². The molecule has 0 aromatic heterocycles. The third kappa shape index (κ3) is 6.55. The maximum absolute atomic E-state index is 8.85. The number of piperidine rings is 1. The Balaban J connectivity index is 1.69. The van der Waals surface area contributed by atoms with Crippen molar-refractivity contribution in [1.82, 2.24) is 4.90 Å². The predicted molar refractivity (Wildman–Crippen MR) is 101 cm³/mol. The van der Waals surface area contributed by atoms with Crippen LogP contribution in [-0.4, -0.2) is 41.2 Å². The fourth-order valence-electron chi connectivity index (χ4n) is 3.38. The van der Waals surface area contributed by atoms with E-state index in [0.717, 1.165) is 51.7 Å². The van der Waals surface area contributed by atoms with Gasteiger partial charge in [0.05, 0.1) is 10.0 Å². The summed E-state index contributed by atoms with van der Waals surface area (Å²) in [5.74, 6) is 0.564. The second kappa shape index (κ2) is 10.0. The lowest BCUT2D eigenvalue weighted by Gasteiger charge is -2.35. The minimum absolute atomic E-state index is 0.216. The number of unbranched alkanes of at least 4 members (excludes halogenated alkanes) is 1. The number of likely N-dealkylation sites (tertiary alicyclic amines) is 1. The number of rotatable bonds is 8. The van der Waals surface area contributed by atoms with Crippen molar-refractivity contribution in [3.8, 4) is 0 Å². The topological polar surface area (TPSA) is 69.7 Å². The Kier molecular flexibility index (Phi) is 8.34. The fraction of sp³-hybridized carbons (Fsp3) is 0.647. The molecule has 0 amide bonds. The highest BCUT2D eigenvalue weighted by Crippen LogP contribution is 2.26. The molecule has 134 valence electrons. The van der Waals surface area contributed by atoms with E-state index in [2.05, 4.69) is 4.90 Å². The van der Waals surface area contributed by atoms with Crippen LogP contribution in [0.3, 0.4) is 0 Å². The molecule has 1 aliphatic heterocycles. The molecule has 0 aliphatic carbocycles. The Hall–Kier alpha value is -0.295. The molecule has 1 aromatic rings. The molecule has 4 nitrogen and oxygen atoms in total. The highest BCUT2D eigenvalue weighted by Gasteiger charge is 2.24. The van der Waals surface area contributed by atoms with Crippen molar-refractivity contribution in [2.24, 2.45) is 11.7 Å². The summed E-state index contributed by atoms with van der Waals surface area (Å²) in [7, 11) is -1.19. The van der Waals surface area contributed by atoms with Gasteiger partial charge in [0.25, 0.3) is 0 Å². The van der Waals surface area contributed by atoms with E-state index in [0.29, 0.717) is 22.3 Å². The van der Waals surface area contributed by atoms with Gasteiger partial charge < -0.3 is 15.8 Å². The third-order valence-electron chi connectivity index (χ3n) is 4.88. The normalized spacial score (nSPS) is 17.9. The minimum atomic E-state index is -1.19. The lowest BCUT2D eigenvalue weighted by molar-refractivity contribution is 0.159. The summed E-state index contributed by atoms with van der Waals surface area (Å²) in [4.78, 5) is 2.44. The van der Waals surface area contributed by atoms with Gasteiger partial charge >= 0.3 is 7.12 Å². The maximum atomic E-state index is 8.85. The van der Waals surface area contributed by atoms with Crippen LogP contribution in [0.15, 0.2) is 18.2 Å². The number of nitrogens with zero attached hydrogens (tertiary/aromatic N) is 1. The first-order valence-corrected chi connectivity index (χ1v) is 9.49. The van der Waals surface area contributed by atoms with E-state index in [1.54, 1.807) is 0 Å². The first-order chi connectivity index (χ1) is 11.5. The molecule has 1 atom stereocenters. The SMILES string of the molecule is N[C@H](CCCCB(O)O)C1CCN(Cc2ccc(Cl)c(Cl)c2)CC1. The molecule has 1 aromatic carbocycles. The molecule has 0 radical (unpaired) electrons. The zero-order valence-electron chi connectivity index (χ0n) is 14.0. The van der Waals surface area contributed by atoms with Gasteiger partial charge in [0.1, 0.15) is 0 Å². The number of hydrogen-bond acceptors (Lipinski definition) is 4. The molecule has 0 saturated carbocycles. The van der Waals surface area contributed by atoms with Crippen LogP contribution in [0.1, 0.15) is 37.7 Å². The lowest BCUT2D eigenvalue weighted by Crippen LogP contribution is -2.40. The molecule has 0 unspecified atom stereocenters. The van der Waals surface area contributed by atoms with Gasteiger partial charge in [-0.1, -0.05) is 42.1 Å². The summed E-state index contributed by atoms with van der Waals surface area (Å²) in [6, 6.07) is 6.04. The van der Waals surface area contributed by atoms with Crippen LogP contribution < -0.4 is 5.73 Å². The molecule has 24 heavy (non-hydrogen) atoms. The number of halogens is 2. The summed E-state index contributed by atoms with van der Waals surface area (Å²) in [6.45, 7) is 3.00. The Morgan fingerprint density at radius 2 is 1.88 bits per heavy atom. The van der Waals surface area contributed by atoms with Gasteiger partial charge in [-0.05, 0) is 62.3 Å². The van der Waals surface area contributed by atoms with Gasteiger partial charge in [-0.2, -0.15) is 0 Å². The van der Waals surface area contributed by atoms with Crippen molar-refractivity contribution < 1.29 is 10.0 Å². The maximum Gasteiger partial charge on any atom is 0.451 e. The van der Waals surface area contributed by atoms with Gasteiger partial charge in [0, 0.05) is 12.6 Å². The third-order valence-corrected chi connectivity index (χ3v) is 5.62. The minimum Gasteiger partial charge on any atom is -0.427 e. The first kappa shape index (κ1) is 20.0. The molecule has 0 spiro atoms. The van der Waals surface area contributed by atoms with Crippen LogP contribution >= 0.6 is 23.2 Å². The van der Waals surface area contributed by atoms with Crippen LogP contribution in [0, 0.1) is 5.92 Å². The average molecular weight is 373 g/mol. The smallest absolute Gasteiger partial charge is 0.427 e. The van der Waals surface area contributed by atoms with E-state index in [1.807, 2.05) is 18.2 Å². The largest absolute Gasteiger partial charge is 0.451 e. The van der Waals surface area contributed by atoms with Gasteiger partial charge in [0.15, 0.2) is 0 Å². The van der Waals surface area contributed by atoms with Crippen molar-refractivity contribution in [2.75, 3.05) is 13.1 Å². The number of hydrogen-bond donors (Lipinski definition) is 3. The molecule has 1 heterocycles. The average Bonchev–Trinajstić information content (AvgIpc) is 2.55. The van der Waals surface area contributed by atoms with E-state index in [1.165, 1.54) is 5.56 Å². The molecular formula is C17H27BCl2N2O2. The van der Waals surface area contributed by atoms with Crippen molar-refractivity contribution >= 4 is 30.3 Å². The molecule has 0 bridgehead atoms. The van der Waals surface area contributed by atoms with Gasteiger partial charge in [-0.3, -0.25) is 4.90 Å². The van der Waals surface area contributed by atoms with Crippen molar-refractivity contribution in [2.45, 2.75) is 51.0 Å². The Morgan fingerprint density at radius 3 is 2.50 bits per heavy atom. The van der Waals surface area contributed by atoms with E-state index in [9.17, 15) is 0 Å². The number of nitrogens with two attached hydrogens (primary N) is 1. The summed E-state index contributed by atoms with van der Waals surface area (Å²) in [5.41, 5.74) is 7.51. The molecule has 1 aliphatic rings. The molecule has 1 saturated heterocycles. The second-order valence-corrected chi connectivity index (χ2v) is 7.61. The molecule has 7 heteroatoms. The monoisotopic (exact) mass is 372 g/mol. The first-order valence-electron chi connectivity index (χ1n) is 8.73. The number of benzene rings is 1. The van der Waals surface area contributed by atoms with E-state index < -0.39 is 7.12 Å². The summed E-state index contributed by atoms with van der Waals surface area (Å²) >= 11 is 12.0. The fourth-order valence-corrected chi connectivity index (χ4v) is 3.70. The Morgan fingerprint density at radius 1 is 1.17 bits per heavy atom. The quantitative estimate of drug-likeness (QED) is 0.484. The van der Waals surface area contributed by atoms with Crippen LogP contribution in [0.4, 0.5) is 0 Å². The van der Waals surface area contributed by atoms with Gasteiger partial charge in [-0.15, -0.1) is 0 Å². The second-order valence-electron chi connectivity index (χ2n) is 6.79.